The lowest BCUT2D eigenvalue weighted by Crippen LogP contribution is -2.08. The molecule has 4 heteroatoms. The number of H-pyrrole nitrogens is 1. The number of thiophene rings is 1. The quantitative estimate of drug-likeness (QED) is 0.555. The fraction of sp³-hybridized carbons (Fsp3) is 0. The fourth-order valence-electron chi connectivity index (χ4n) is 2.61. The van der Waals surface area contributed by atoms with E-state index in [1.165, 1.54) is 11.3 Å². The first-order valence-electron chi connectivity index (χ1n) is 6.57. The summed E-state index contributed by atoms with van der Waals surface area (Å²) in [7, 11) is 0. The number of fused-ring (bicyclic) bond motifs is 3. The van der Waals surface area contributed by atoms with Crippen LogP contribution in [0, 0.1) is 0 Å². The average Bonchev–Trinajstić information content (AvgIpc) is 2.88. The van der Waals surface area contributed by atoms with Crippen LogP contribution < -0.4 is 5.56 Å². The van der Waals surface area contributed by atoms with Crippen LogP contribution in [0.25, 0.3) is 31.4 Å². The molecule has 21 heavy (non-hydrogen) atoms. The van der Waals surface area contributed by atoms with E-state index in [0.717, 1.165) is 20.3 Å². The van der Waals surface area contributed by atoms with E-state index in [2.05, 4.69) is 4.98 Å². The second-order valence-electron chi connectivity index (χ2n) is 4.85. The fourth-order valence-corrected chi connectivity index (χ4v) is 3.71. The summed E-state index contributed by atoms with van der Waals surface area (Å²) in [6.07, 6.45) is 0. The van der Waals surface area contributed by atoms with E-state index >= 15 is 0 Å². The van der Waals surface area contributed by atoms with E-state index in [0.29, 0.717) is 11.1 Å². The maximum absolute atomic E-state index is 12.4. The first-order chi connectivity index (χ1) is 10.3. The monoisotopic (exact) mass is 293 g/mol. The lowest BCUT2D eigenvalue weighted by Gasteiger charge is -2.04. The second kappa shape index (κ2) is 4.46. The molecule has 0 bridgehead atoms. The highest BCUT2D eigenvalue weighted by Crippen LogP contribution is 2.40. The molecule has 2 aromatic heterocycles. The van der Waals surface area contributed by atoms with Gasteiger partial charge in [-0.3, -0.25) is 4.79 Å². The lowest BCUT2D eigenvalue weighted by atomic mass is 10.1. The van der Waals surface area contributed by atoms with E-state index in [9.17, 15) is 9.90 Å². The van der Waals surface area contributed by atoms with Crippen LogP contribution in [-0.2, 0) is 0 Å². The molecular formula is C17H11NO2S. The van der Waals surface area contributed by atoms with E-state index in [4.69, 9.17) is 0 Å². The number of rotatable bonds is 1. The van der Waals surface area contributed by atoms with E-state index in [1.807, 2.05) is 54.6 Å². The van der Waals surface area contributed by atoms with Crippen LogP contribution in [-0.4, -0.2) is 10.1 Å². The van der Waals surface area contributed by atoms with Crippen molar-refractivity contribution in [3.8, 4) is 16.9 Å². The van der Waals surface area contributed by atoms with E-state index in [-0.39, 0.29) is 11.3 Å². The van der Waals surface area contributed by atoms with Gasteiger partial charge < -0.3 is 10.1 Å². The third-order valence-corrected chi connectivity index (χ3v) is 4.75. The summed E-state index contributed by atoms with van der Waals surface area (Å²) in [6.45, 7) is 0. The van der Waals surface area contributed by atoms with Crippen molar-refractivity contribution >= 4 is 31.6 Å². The van der Waals surface area contributed by atoms with Crippen molar-refractivity contribution in [1.82, 2.24) is 4.98 Å². The van der Waals surface area contributed by atoms with Gasteiger partial charge in [-0.25, -0.2) is 0 Å². The molecule has 2 N–H and O–H groups in total. The molecule has 2 heterocycles. The van der Waals surface area contributed by atoms with Gasteiger partial charge in [0.2, 0.25) is 0 Å². The van der Waals surface area contributed by atoms with Crippen LogP contribution in [0.3, 0.4) is 0 Å². The maximum Gasteiger partial charge on any atom is 0.260 e. The molecule has 102 valence electrons. The van der Waals surface area contributed by atoms with Gasteiger partial charge in [0.05, 0.1) is 15.8 Å². The Balaban J connectivity index is 2.16. The molecule has 0 unspecified atom stereocenters. The topological polar surface area (TPSA) is 53.1 Å². The zero-order valence-electron chi connectivity index (χ0n) is 11.0. The maximum atomic E-state index is 12.4. The molecule has 0 fully saturated rings. The standard InChI is InChI=1S/C17H11NO2S/c19-15-13(10-6-2-1-3-7-10)17(20)18-14-11-8-4-5-9-12(11)21-16(14)15/h1-9H,(H2,18,19,20). The van der Waals surface area contributed by atoms with Crippen molar-refractivity contribution in [2.24, 2.45) is 0 Å². The zero-order chi connectivity index (χ0) is 14.4. The predicted molar refractivity (Wildman–Crippen MR) is 87.1 cm³/mol. The third-order valence-electron chi connectivity index (χ3n) is 3.58. The van der Waals surface area contributed by atoms with Crippen molar-refractivity contribution in [3.63, 3.8) is 0 Å². The summed E-state index contributed by atoms with van der Waals surface area (Å²) < 4.78 is 1.76. The SMILES string of the molecule is O=c1[nH]c2c(sc3ccccc32)c(O)c1-c1ccccc1. The van der Waals surface area contributed by atoms with Crippen molar-refractivity contribution in [1.29, 1.82) is 0 Å². The molecule has 0 spiro atoms. The van der Waals surface area contributed by atoms with Gasteiger partial charge >= 0.3 is 0 Å². The number of aromatic nitrogens is 1. The number of hydrogen-bond acceptors (Lipinski definition) is 3. The second-order valence-corrected chi connectivity index (χ2v) is 5.90. The van der Waals surface area contributed by atoms with E-state index < -0.39 is 0 Å². The first-order valence-corrected chi connectivity index (χ1v) is 7.39. The molecule has 4 aromatic rings. The van der Waals surface area contributed by atoms with Gasteiger partial charge in [0, 0.05) is 10.1 Å². The normalized spacial score (nSPS) is 11.2. The van der Waals surface area contributed by atoms with Crippen molar-refractivity contribution in [2.45, 2.75) is 0 Å². The summed E-state index contributed by atoms with van der Waals surface area (Å²) in [5.41, 5.74) is 1.48. The van der Waals surface area contributed by atoms with Crippen LogP contribution in [0.2, 0.25) is 0 Å². The molecule has 0 aliphatic carbocycles. The molecule has 0 radical (unpaired) electrons. The summed E-state index contributed by atoms with van der Waals surface area (Å²) in [4.78, 5) is 15.3. The Morgan fingerprint density at radius 3 is 2.48 bits per heavy atom. The van der Waals surface area contributed by atoms with Crippen molar-refractivity contribution in [2.75, 3.05) is 0 Å². The highest BCUT2D eigenvalue weighted by atomic mass is 32.1. The number of pyridine rings is 1. The Morgan fingerprint density at radius 2 is 1.67 bits per heavy atom. The molecule has 0 aliphatic heterocycles. The van der Waals surface area contributed by atoms with Gasteiger partial charge in [0.1, 0.15) is 5.75 Å². The molecule has 0 amide bonds. The summed E-state index contributed by atoms with van der Waals surface area (Å²) >= 11 is 1.49. The minimum atomic E-state index is -0.269. The van der Waals surface area contributed by atoms with Gasteiger partial charge in [-0.2, -0.15) is 0 Å². The van der Waals surface area contributed by atoms with Crippen molar-refractivity contribution < 1.29 is 5.11 Å². The Hall–Kier alpha value is -2.59. The van der Waals surface area contributed by atoms with E-state index in [1.54, 1.807) is 0 Å². The van der Waals surface area contributed by atoms with Gasteiger partial charge in [-0.15, -0.1) is 11.3 Å². The zero-order valence-corrected chi connectivity index (χ0v) is 11.8. The number of hydrogen-bond donors (Lipinski definition) is 2. The third kappa shape index (κ3) is 1.76. The predicted octanol–water partition coefficient (Wildman–Crippen LogP) is 4.12. The van der Waals surface area contributed by atoms with Crippen LogP contribution in [0.15, 0.2) is 59.4 Å². The molecule has 0 saturated carbocycles. The molecule has 3 nitrogen and oxygen atoms in total. The highest BCUT2D eigenvalue weighted by Gasteiger charge is 2.17. The number of aromatic hydroxyl groups is 1. The summed E-state index contributed by atoms with van der Waals surface area (Å²) in [5, 5.41) is 11.5. The van der Waals surface area contributed by atoms with Gasteiger partial charge in [-0.1, -0.05) is 48.5 Å². The minimum Gasteiger partial charge on any atom is -0.506 e. The van der Waals surface area contributed by atoms with Crippen LogP contribution >= 0.6 is 11.3 Å². The Labute approximate surface area is 124 Å². The molecule has 0 aliphatic rings. The van der Waals surface area contributed by atoms with Gasteiger partial charge in [0.15, 0.2) is 0 Å². The minimum absolute atomic E-state index is 0.0566. The Kier molecular flexibility index (Phi) is 2.59. The molecule has 4 rings (SSSR count). The first kappa shape index (κ1) is 12.2. The van der Waals surface area contributed by atoms with Gasteiger partial charge in [0.25, 0.3) is 5.56 Å². The van der Waals surface area contributed by atoms with Gasteiger partial charge in [-0.05, 0) is 11.6 Å². The van der Waals surface area contributed by atoms with Crippen molar-refractivity contribution in [3.05, 3.63) is 65.0 Å². The molecule has 2 aromatic carbocycles. The Morgan fingerprint density at radius 1 is 0.952 bits per heavy atom. The number of aromatic amines is 1. The number of benzene rings is 2. The largest absolute Gasteiger partial charge is 0.506 e. The van der Waals surface area contributed by atoms with Crippen LogP contribution in [0.1, 0.15) is 0 Å². The Bertz CT molecular complexity index is 1020. The lowest BCUT2D eigenvalue weighted by molar-refractivity contribution is 0.483. The molecule has 0 saturated heterocycles. The number of nitrogens with one attached hydrogen (secondary N) is 1. The highest BCUT2D eigenvalue weighted by molar-refractivity contribution is 7.26. The molecule has 0 atom stereocenters. The smallest absolute Gasteiger partial charge is 0.260 e. The summed E-state index contributed by atoms with van der Waals surface area (Å²) in [5.74, 6) is 0.0566. The van der Waals surface area contributed by atoms with Crippen LogP contribution in [0.4, 0.5) is 0 Å². The molecular weight excluding hydrogens is 282 g/mol. The summed E-state index contributed by atoms with van der Waals surface area (Å²) in [6, 6.07) is 17.0. The average molecular weight is 293 g/mol. The van der Waals surface area contributed by atoms with Crippen LogP contribution in [0.5, 0.6) is 5.75 Å².